The molecule has 0 N–H and O–H groups in total. The van der Waals surface area contributed by atoms with Crippen molar-refractivity contribution in [1.82, 2.24) is 10.1 Å². The summed E-state index contributed by atoms with van der Waals surface area (Å²) in [6.45, 7) is 0.0691. The molecule has 0 bridgehead atoms. The van der Waals surface area contributed by atoms with Crippen LogP contribution in [0.3, 0.4) is 0 Å². The van der Waals surface area contributed by atoms with Gasteiger partial charge in [0.25, 0.3) is 5.89 Å². The lowest BCUT2D eigenvalue weighted by molar-refractivity contribution is 0.112. The largest absolute Gasteiger partial charge is 0.493 e. The van der Waals surface area contributed by atoms with E-state index >= 15 is 0 Å². The maximum absolute atomic E-state index is 10.9. The monoisotopic (exact) mass is 388 g/mol. The van der Waals surface area contributed by atoms with Crippen LogP contribution in [0.4, 0.5) is 0 Å². The zero-order valence-electron chi connectivity index (χ0n) is 12.7. The first-order chi connectivity index (χ1) is 11.7. The number of hydrogen-bond donors (Lipinski definition) is 0. The molecule has 3 rings (SSSR count). The van der Waals surface area contributed by atoms with Crippen LogP contribution in [0.2, 0.25) is 0 Å². The van der Waals surface area contributed by atoms with Gasteiger partial charge in [-0.3, -0.25) is 4.79 Å². The average Bonchev–Trinajstić information content (AvgIpc) is 3.08. The molecule has 0 aliphatic heterocycles. The summed E-state index contributed by atoms with van der Waals surface area (Å²) in [5, 5.41) is 3.94. The van der Waals surface area contributed by atoms with Crippen LogP contribution in [-0.2, 0) is 6.61 Å². The van der Waals surface area contributed by atoms with Gasteiger partial charge in [-0.1, -0.05) is 33.2 Å². The quantitative estimate of drug-likeness (QED) is 0.596. The van der Waals surface area contributed by atoms with E-state index in [0.717, 1.165) is 16.3 Å². The summed E-state index contributed by atoms with van der Waals surface area (Å²) in [5.41, 5.74) is 1.33. The fraction of sp³-hybridized carbons (Fsp3) is 0.118. The van der Waals surface area contributed by atoms with Gasteiger partial charge in [0.1, 0.15) is 6.29 Å². The molecule has 7 heteroatoms. The van der Waals surface area contributed by atoms with Gasteiger partial charge in [0.15, 0.2) is 18.1 Å². The first-order valence-electron chi connectivity index (χ1n) is 7.04. The van der Waals surface area contributed by atoms with Crippen LogP contribution in [0.15, 0.2) is 51.5 Å². The molecule has 122 valence electrons. The molecule has 0 aliphatic carbocycles. The van der Waals surface area contributed by atoms with Crippen molar-refractivity contribution in [3.05, 3.63) is 58.4 Å². The van der Waals surface area contributed by atoms with Crippen molar-refractivity contribution in [3.63, 3.8) is 0 Å². The summed E-state index contributed by atoms with van der Waals surface area (Å²) in [7, 11) is 1.53. The molecule has 0 saturated heterocycles. The second-order valence-corrected chi connectivity index (χ2v) is 5.75. The minimum Gasteiger partial charge on any atom is -0.493 e. The standard InChI is InChI=1S/C17H13BrN2O4/c1-22-14-6-5-11(9-21)7-15(14)23-10-16-19-17(20-24-16)12-3-2-4-13(18)8-12/h2-9H,10H2,1H3. The second kappa shape index (κ2) is 7.27. The number of ether oxygens (including phenoxy) is 2. The van der Waals surface area contributed by atoms with Gasteiger partial charge < -0.3 is 14.0 Å². The van der Waals surface area contributed by atoms with E-state index in [1.54, 1.807) is 18.2 Å². The molecular weight excluding hydrogens is 376 g/mol. The van der Waals surface area contributed by atoms with E-state index in [2.05, 4.69) is 26.1 Å². The lowest BCUT2D eigenvalue weighted by atomic mass is 10.2. The van der Waals surface area contributed by atoms with Crippen LogP contribution in [0.5, 0.6) is 11.5 Å². The fourth-order valence-electron chi connectivity index (χ4n) is 2.08. The summed E-state index contributed by atoms with van der Waals surface area (Å²) >= 11 is 3.40. The zero-order chi connectivity index (χ0) is 16.9. The van der Waals surface area contributed by atoms with E-state index in [1.165, 1.54) is 7.11 Å². The Morgan fingerprint density at radius 2 is 2.08 bits per heavy atom. The Hall–Kier alpha value is -2.67. The van der Waals surface area contributed by atoms with Crippen molar-refractivity contribution in [2.75, 3.05) is 7.11 Å². The van der Waals surface area contributed by atoms with Gasteiger partial charge in [0.05, 0.1) is 7.11 Å². The third-order valence-corrected chi connectivity index (χ3v) is 3.72. The number of rotatable bonds is 6. The van der Waals surface area contributed by atoms with Crippen molar-refractivity contribution in [2.45, 2.75) is 6.61 Å². The maximum Gasteiger partial charge on any atom is 0.264 e. The summed E-state index contributed by atoms with van der Waals surface area (Å²) in [4.78, 5) is 15.2. The van der Waals surface area contributed by atoms with Gasteiger partial charge in [0.2, 0.25) is 5.82 Å². The van der Waals surface area contributed by atoms with Gasteiger partial charge >= 0.3 is 0 Å². The van der Waals surface area contributed by atoms with Crippen molar-refractivity contribution < 1.29 is 18.8 Å². The highest BCUT2D eigenvalue weighted by Gasteiger charge is 2.11. The van der Waals surface area contributed by atoms with E-state index in [9.17, 15) is 4.79 Å². The fourth-order valence-corrected chi connectivity index (χ4v) is 2.48. The molecular formula is C17H13BrN2O4. The molecule has 0 aliphatic rings. The Kier molecular flexibility index (Phi) is 4.90. The molecule has 0 unspecified atom stereocenters. The van der Waals surface area contributed by atoms with Crippen LogP contribution in [0.25, 0.3) is 11.4 Å². The first-order valence-corrected chi connectivity index (χ1v) is 7.83. The normalized spacial score (nSPS) is 10.4. The molecule has 0 saturated carbocycles. The van der Waals surface area contributed by atoms with E-state index in [1.807, 2.05) is 24.3 Å². The lowest BCUT2D eigenvalue weighted by Gasteiger charge is -2.09. The summed E-state index contributed by atoms with van der Waals surface area (Å²) in [6.07, 6.45) is 0.740. The van der Waals surface area contributed by atoms with E-state index < -0.39 is 0 Å². The Balaban J connectivity index is 1.75. The van der Waals surface area contributed by atoms with Gasteiger partial charge in [-0.25, -0.2) is 0 Å². The van der Waals surface area contributed by atoms with Crippen molar-refractivity contribution in [3.8, 4) is 22.9 Å². The Bertz CT molecular complexity index is 863. The number of methoxy groups -OCH3 is 1. The third kappa shape index (κ3) is 3.62. The number of hydrogen-bond acceptors (Lipinski definition) is 6. The highest BCUT2D eigenvalue weighted by molar-refractivity contribution is 9.10. The topological polar surface area (TPSA) is 74.5 Å². The van der Waals surface area contributed by atoms with Crippen LogP contribution >= 0.6 is 15.9 Å². The van der Waals surface area contributed by atoms with Gasteiger partial charge in [-0.05, 0) is 30.3 Å². The number of carbonyl (C=O) groups excluding carboxylic acids is 1. The molecule has 2 aromatic carbocycles. The molecule has 6 nitrogen and oxygen atoms in total. The average molecular weight is 389 g/mol. The minimum absolute atomic E-state index is 0.0691. The number of nitrogens with zero attached hydrogens (tertiary/aromatic N) is 2. The molecule has 0 fully saturated rings. The molecule has 24 heavy (non-hydrogen) atoms. The predicted octanol–water partition coefficient (Wildman–Crippen LogP) is 3.90. The van der Waals surface area contributed by atoms with Crippen molar-refractivity contribution >= 4 is 22.2 Å². The van der Waals surface area contributed by atoms with Crippen LogP contribution in [0, 0.1) is 0 Å². The molecule has 1 aromatic heterocycles. The number of aromatic nitrogens is 2. The highest BCUT2D eigenvalue weighted by atomic mass is 79.9. The SMILES string of the molecule is COc1ccc(C=O)cc1OCc1nc(-c2cccc(Br)c2)no1. The third-order valence-electron chi connectivity index (χ3n) is 3.23. The molecule has 0 atom stereocenters. The minimum atomic E-state index is 0.0691. The smallest absolute Gasteiger partial charge is 0.264 e. The van der Waals surface area contributed by atoms with E-state index in [4.69, 9.17) is 14.0 Å². The van der Waals surface area contributed by atoms with Crippen molar-refractivity contribution in [1.29, 1.82) is 0 Å². The summed E-state index contributed by atoms with van der Waals surface area (Å²) in [5.74, 6) is 1.75. The zero-order valence-corrected chi connectivity index (χ0v) is 14.3. The Morgan fingerprint density at radius 1 is 1.21 bits per heavy atom. The first kappa shape index (κ1) is 16.2. The molecule has 0 radical (unpaired) electrons. The molecule has 0 amide bonds. The second-order valence-electron chi connectivity index (χ2n) is 4.84. The van der Waals surface area contributed by atoms with E-state index in [-0.39, 0.29) is 6.61 Å². The Morgan fingerprint density at radius 3 is 2.83 bits per heavy atom. The number of aldehydes is 1. The van der Waals surface area contributed by atoms with E-state index in [0.29, 0.717) is 28.8 Å². The maximum atomic E-state index is 10.9. The van der Waals surface area contributed by atoms with Gasteiger partial charge in [-0.15, -0.1) is 0 Å². The number of carbonyl (C=O) groups is 1. The highest BCUT2D eigenvalue weighted by Crippen LogP contribution is 2.28. The van der Waals surface area contributed by atoms with Crippen LogP contribution in [0.1, 0.15) is 16.2 Å². The number of halogens is 1. The number of benzene rings is 2. The Labute approximate surface area is 146 Å². The summed E-state index contributed by atoms with van der Waals surface area (Å²) < 4.78 is 17.0. The van der Waals surface area contributed by atoms with Crippen molar-refractivity contribution in [2.24, 2.45) is 0 Å². The molecule has 0 spiro atoms. The van der Waals surface area contributed by atoms with Gasteiger partial charge in [0, 0.05) is 15.6 Å². The van der Waals surface area contributed by atoms with Gasteiger partial charge in [-0.2, -0.15) is 4.98 Å². The van der Waals surface area contributed by atoms with Crippen LogP contribution < -0.4 is 9.47 Å². The lowest BCUT2D eigenvalue weighted by Crippen LogP contribution is -1.99. The predicted molar refractivity (Wildman–Crippen MR) is 90.1 cm³/mol. The summed E-state index contributed by atoms with van der Waals surface area (Å²) in [6, 6.07) is 12.5. The molecule has 3 aromatic rings. The van der Waals surface area contributed by atoms with Crippen LogP contribution in [-0.4, -0.2) is 23.5 Å². The molecule has 1 heterocycles.